The molecular weight excluding hydrogens is 316 g/mol. The summed E-state index contributed by atoms with van der Waals surface area (Å²) >= 11 is 1.45. The Morgan fingerprint density at radius 2 is 1.62 bits per heavy atom. The van der Waals surface area contributed by atoms with Crippen molar-refractivity contribution in [3.05, 3.63) is 94.2 Å². The van der Waals surface area contributed by atoms with E-state index in [0.717, 1.165) is 23.4 Å². The van der Waals surface area contributed by atoms with Crippen molar-refractivity contribution in [2.75, 3.05) is 6.54 Å². The van der Waals surface area contributed by atoms with Gasteiger partial charge in [-0.3, -0.25) is 10.1 Å². The largest absolute Gasteiger partial charge is 0.332 e. The quantitative estimate of drug-likeness (QED) is 0.640. The Morgan fingerprint density at radius 3 is 2.29 bits per heavy atom. The summed E-state index contributed by atoms with van der Waals surface area (Å²) in [6, 6.07) is 24.1. The van der Waals surface area contributed by atoms with Gasteiger partial charge in [-0.25, -0.2) is 0 Å². The van der Waals surface area contributed by atoms with Crippen LogP contribution in [0.3, 0.4) is 0 Å². The highest BCUT2D eigenvalue weighted by Crippen LogP contribution is 2.13. The van der Waals surface area contributed by atoms with Crippen molar-refractivity contribution in [2.24, 2.45) is 0 Å². The minimum absolute atomic E-state index is 0.0499. The highest BCUT2D eigenvalue weighted by atomic mass is 32.1. The SMILES string of the molecule is O=C(NC(NCCc1ccccc1)c1ccccc1)c1cccs1. The molecule has 1 unspecified atom stereocenters. The topological polar surface area (TPSA) is 41.1 Å². The number of hydrogen-bond acceptors (Lipinski definition) is 3. The van der Waals surface area contributed by atoms with E-state index < -0.39 is 0 Å². The maximum Gasteiger partial charge on any atom is 0.262 e. The van der Waals surface area contributed by atoms with Crippen molar-refractivity contribution in [3.8, 4) is 0 Å². The normalized spacial score (nSPS) is 11.8. The van der Waals surface area contributed by atoms with Gasteiger partial charge in [0, 0.05) is 6.54 Å². The fourth-order valence-electron chi connectivity index (χ4n) is 2.51. The van der Waals surface area contributed by atoms with Crippen LogP contribution >= 0.6 is 11.3 Å². The summed E-state index contributed by atoms with van der Waals surface area (Å²) < 4.78 is 0. The smallest absolute Gasteiger partial charge is 0.262 e. The molecule has 1 amide bonds. The summed E-state index contributed by atoms with van der Waals surface area (Å²) in [4.78, 5) is 13.1. The Hall–Kier alpha value is -2.43. The third-order valence-corrected chi connectivity index (χ3v) is 4.63. The number of rotatable bonds is 7. The van der Waals surface area contributed by atoms with Crippen LogP contribution < -0.4 is 10.6 Å². The fourth-order valence-corrected chi connectivity index (χ4v) is 3.14. The van der Waals surface area contributed by atoms with E-state index in [-0.39, 0.29) is 12.1 Å². The van der Waals surface area contributed by atoms with E-state index in [1.54, 1.807) is 0 Å². The van der Waals surface area contributed by atoms with Crippen molar-refractivity contribution in [3.63, 3.8) is 0 Å². The van der Waals surface area contributed by atoms with E-state index in [1.165, 1.54) is 16.9 Å². The Labute approximate surface area is 146 Å². The average Bonchev–Trinajstić information content (AvgIpc) is 3.17. The zero-order valence-electron chi connectivity index (χ0n) is 13.3. The van der Waals surface area contributed by atoms with Gasteiger partial charge >= 0.3 is 0 Å². The molecule has 0 aliphatic carbocycles. The maximum absolute atomic E-state index is 12.4. The molecule has 3 aromatic rings. The van der Waals surface area contributed by atoms with E-state index in [0.29, 0.717) is 0 Å². The summed E-state index contributed by atoms with van der Waals surface area (Å²) in [6.45, 7) is 0.786. The summed E-state index contributed by atoms with van der Waals surface area (Å²) in [5.41, 5.74) is 2.33. The number of amides is 1. The summed E-state index contributed by atoms with van der Waals surface area (Å²) in [6.07, 6.45) is 0.712. The van der Waals surface area contributed by atoms with Crippen molar-refractivity contribution in [2.45, 2.75) is 12.6 Å². The Morgan fingerprint density at radius 1 is 0.917 bits per heavy atom. The lowest BCUT2D eigenvalue weighted by Crippen LogP contribution is -2.38. The third kappa shape index (κ3) is 4.54. The van der Waals surface area contributed by atoms with E-state index in [2.05, 4.69) is 22.8 Å². The summed E-state index contributed by atoms with van der Waals surface area (Å²) in [5.74, 6) is -0.0499. The van der Waals surface area contributed by atoms with Crippen LogP contribution in [0.15, 0.2) is 78.2 Å². The molecule has 0 saturated heterocycles. The number of thiophene rings is 1. The molecule has 4 heteroatoms. The van der Waals surface area contributed by atoms with Crippen molar-refractivity contribution in [1.29, 1.82) is 0 Å². The molecule has 1 heterocycles. The number of hydrogen-bond donors (Lipinski definition) is 2. The minimum atomic E-state index is -0.204. The third-order valence-electron chi connectivity index (χ3n) is 3.76. The minimum Gasteiger partial charge on any atom is -0.332 e. The molecule has 1 atom stereocenters. The zero-order valence-corrected chi connectivity index (χ0v) is 14.1. The summed E-state index contributed by atoms with van der Waals surface area (Å²) in [5, 5.41) is 8.44. The van der Waals surface area contributed by atoms with Crippen LogP contribution in [-0.4, -0.2) is 12.5 Å². The van der Waals surface area contributed by atoms with Crippen LogP contribution in [-0.2, 0) is 6.42 Å². The Balaban J connectivity index is 1.65. The first-order valence-corrected chi connectivity index (χ1v) is 8.87. The molecule has 1 aromatic heterocycles. The fraction of sp³-hybridized carbons (Fsp3) is 0.150. The molecule has 0 bridgehead atoms. The lowest BCUT2D eigenvalue weighted by molar-refractivity contribution is 0.0933. The Kier molecular flexibility index (Phi) is 5.77. The van der Waals surface area contributed by atoms with Gasteiger partial charge in [0.15, 0.2) is 0 Å². The number of carbonyl (C=O) groups is 1. The maximum atomic E-state index is 12.4. The van der Waals surface area contributed by atoms with Crippen molar-refractivity contribution in [1.82, 2.24) is 10.6 Å². The van der Waals surface area contributed by atoms with Gasteiger partial charge in [0.2, 0.25) is 0 Å². The molecule has 3 rings (SSSR count). The second-order valence-electron chi connectivity index (χ2n) is 5.48. The van der Waals surface area contributed by atoms with Crippen LogP contribution in [0, 0.1) is 0 Å². The molecule has 24 heavy (non-hydrogen) atoms. The molecule has 0 aliphatic rings. The first-order chi connectivity index (χ1) is 11.8. The number of carbonyl (C=O) groups excluding carboxylic acids is 1. The highest BCUT2D eigenvalue weighted by molar-refractivity contribution is 7.12. The van der Waals surface area contributed by atoms with Crippen LogP contribution in [0.4, 0.5) is 0 Å². The molecule has 0 radical (unpaired) electrons. The molecule has 2 aromatic carbocycles. The van der Waals surface area contributed by atoms with Gasteiger partial charge in [-0.1, -0.05) is 66.7 Å². The van der Waals surface area contributed by atoms with Gasteiger partial charge in [0.25, 0.3) is 5.91 Å². The predicted molar refractivity (Wildman–Crippen MR) is 99.1 cm³/mol. The van der Waals surface area contributed by atoms with E-state index in [9.17, 15) is 4.79 Å². The number of nitrogens with one attached hydrogen (secondary N) is 2. The van der Waals surface area contributed by atoms with Gasteiger partial charge in [0.05, 0.1) is 4.88 Å². The molecule has 3 nitrogen and oxygen atoms in total. The predicted octanol–water partition coefficient (Wildman–Crippen LogP) is 4.01. The van der Waals surface area contributed by atoms with Crippen molar-refractivity contribution >= 4 is 17.2 Å². The van der Waals surface area contributed by atoms with Crippen LogP contribution in [0.2, 0.25) is 0 Å². The molecule has 0 fully saturated rings. The van der Waals surface area contributed by atoms with Crippen LogP contribution in [0.1, 0.15) is 27.0 Å². The molecule has 0 aliphatic heterocycles. The molecule has 2 N–H and O–H groups in total. The highest BCUT2D eigenvalue weighted by Gasteiger charge is 2.15. The average molecular weight is 336 g/mol. The van der Waals surface area contributed by atoms with Crippen LogP contribution in [0.5, 0.6) is 0 Å². The van der Waals surface area contributed by atoms with E-state index in [4.69, 9.17) is 0 Å². The molecule has 122 valence electrons. The molecule has 0 saturated carbocycles. The van der Waals surface area contributed by atoms with Crippen LogP contribution in [0.25, 0.3) is 0 Å². The van der Waals surface area contributed by atoms with Gasteiger partial charge in [0.1, 0.15) is 6.17 Å². The number of benzene rings is 2. The first-order valence-electron chi connectivity index (χ1n) is 7.99. The standard InChI is InChI=1S/C20H20N2OS/c23-20(18-12-7-15-24-18)22-19(17-10-5-2-6-11-17)21-14-13-16-8-3-1-4-9-16/h1-12,15,19,21H,13-14H2,(H,22,23). The van der Waals surface area contributed by atoms with Gasteiger partial charge < -0.3 is 5.32 Å². The van der Waals surface area contributed by atoms with E-state index in [1.807, 2.05) is 66.0 Å². The first kappa shape index (κ1) is 16.4. The van der Waals surface area contributed by atoms with Gasteiger partial charge in [-0.2, -0.15) is 0 Å². The van der Waals surface area contributed by atoms with Gasteiger partial charge in [-0.15, -0.1) is 11.3 Å². The second-order valence-corrected chi connectivity index (χ2v) is 6.43. The van der Waals surface area contributed by atoms with E-state index >= 15 is 0 Å². The second kappa shape index (κ2) is 8.43. The summed E-state index contributed by atoms with van der Waals surface area (Å²) in [7, 11) is 0. The molecule has 0 spiro atoms. The van der Waals surface area contributed by atoms with Gasteiger partial charge in [-0.05, 0) is 29.0 Å². The van der Waals surface area contributed by atoms with Crippen molar-refractivity contribution < 1.29 is 4.79 Å². The zero-order chi connectivity index (χ0) is 16.6. The molecular formula is C20H20N2OS. The Bertz CT molecular complexity index is 742. The lowest BCUT2D eigenvalue weighted by Gasteiger charge is -2.20. The lowest BCUT2D eigenvalue weighted by atomic mass is 10.1. The monoisotopic (exact) mass is 336 g/mol.